The van der Waals surface area contributed by atoms with Crippen LogP contribution in [-0.4, -0.2) is 17.7 Å². The largest absolute Gasteiger partial charge is 0.476 e. The van der Waals surface area contributed by atoms with Crippen molar-refractivity contribution in [2.24, 2.45) is 0 Å². The Hall–Kier alpha value is -2.79. The van der Waals surface area contributed by atoms with E-state index in [2.05, 4.69) is 0 Å². The molecule has 3 rings (SSSR count). The van der Waals surface area contributed by atoms with Gasteiger partial charge >= 0.3 is 5.97 Å². The molecule has 0 spiro atoms. The molecule has 32 heavy (non-hydrogen) atoms. The maximum Gasteiger partial charge on any atom is 0.350 e. The van der Waals surface area contributed by atoms with Crippen molar-refractivity contribution in [3.8, 4) is 17.1 Å². The highest BCUT2D eigenvalue weighted by molar-refractivity contribution is 6.31. The first-order valence-corrected chi connectivity index (χ1v) is 11.1. The fraction of sp³-hybridized carbons (Fsp3) is 0.385. The molecule has 0 aliphatic carbocycles. The molecule has 0 fully saturated rings. The quantitative estimate of drug-likeness (QED) is 0.390. The number of hydrogen-bond donors (Lipinski definition) is 0. The highest BCUT2D eigenvalue weighted by Gasteiger charge is 2.33. The summed E-state index contributed by atoms with van der Waals surface area (Å²) in [5, 5.41) is 0.969. The zero-order chi connectivity index (χ0) is 24.2. The van der Waals surface area contributed by atoms with Gasteiger partial charge in [0, 0.05) is 22.7 Å². The van der Waals surface area contributed by atoms with Crippen LogP contribution in [0.4, 0.5) is 0 Å². The summed E-state index contributed by atoms with van der Waals surface area (Å²) in [4.78, 5) is 24.9. The number of aryl methyl sites for hydroxylation is 2. The minimum Gasteiger partial charge on any atom is -0.476 e. The Labute approximate surface area is 194 Å². The third kappa shape index (κ3) is 5.71. The second-order valence-corrected chi connectivity index (χ2v) is 8.56. The van der Waals surface area contributed by atoms with E-state index in [1.807, 2.05) is 39.8 Å². The van der Waals surface area contributed by atoms with Gasteiger partial charge in [-0.05, 0) is 76.9 Å². The van der Waals surface area contributed by atoms with Crippen LogP contribution in [0.15, 0.2) is 45.6 Å². The van der Waals surface area contributed by atoms with Gasteiger partial charge in [0.15, 0.2) is 11.0 Å². The predicted molar refractivity (Wildman–Crippen MR) is 130 cm³/mol. The third-order valence-corrected chi connectivity index (χ3v) is 4.86. The molecule has 2 aromatic carbocycles. The maximum atomic E-state index is 12.5. The molecule has 0 saturated carbocycles. The number of carbonyl (C=O) groups is 1. The van der Waals surface area contributed by atoms with E-state index in [0.717, 1.165) is 16.7 Å². The zero-order valence-electron chi connectivity index (χ0n) is 20.0. The van der Waals surface area contributed by atoms with Gasteiger partial charge in [-0.2, -0.15) is 0 Å². The number of ether oxygens (including phenoxy) is 2. The van der Waals surface area contributed by atoms with E-state index in [1.54, 1.807) is 45.9 Å². The summed E-state index contributed by atoms with van der Waals surface area (Å²) in [6.07, 6.45) is -0.228. The molecule has 0 aliphatic heterocycles. The van der Waals surface area contributed by atoms with Crippen molar-refractivity contribution in [2.45, 2.75) is 67.1 Å². The second-order valence-electron chi connectivity index (χ2n) is 8.12. The van der Waals surface area contributed by atoms with Crippen LogP contribution in [0.1, 0.15) is 52.7 Å². The van der Waals surface area contributed by atoms with Gasteiger partial charge in [0.2, 0.25) is 0 Å². The number of fused-ring (bicyclic) bond motifs is 1. The summed E-state index contributed by atoms with van der Waals surface area (Å²) < 4.78 is 17.3. The second kappa shape index (κ2) is 10.2. The van der Waals surface area contributed by atoms with Crippen molar-refractivity contribution in [2.75, 3.05) is 0 Å². The van der Waals surface area contributed by atoms with Crippen molar-refractivity contribution in [3.05, 3.63) is 62.8 Å². The Bertz CT molecular complexity index is 1150. The fourth-order valence-electron chi connectivity index (χ4n) is 3.18. The molecule has 0 aliphatic rings. The van der Waals surface area contributed by atoms with Crippen LogP contribution in [0.3, 0.4) is 0 Å². The van der Waals surface area contributed by atoms with Gasteiger partial charge in [0.05, 0.1) is 11.5 Å². The van der Waals surface area contributed by atoms with Crippen molar-refractivity contribution < 1.29 is 18.7 Å². The third-order valence-electron chi connectivity index (χ3n) is 4.63. The van der Waals surface area contributed by atoms with E-state index >= 15 is 0 Å². The summed E-state index contributed by atoms with van der Waals surface area (Å²) in [7, 11) is 0. The maximum absolute atomic E-state index is 12.5. The van der Waals surface area contributed by atoms with E-state index in [9.17, 15) is 9.59 Å². The number of esters is 1. The standard InChI is InChI=1S/C24H25ClO5.C2H6/c1-13(2)28-23(27)24(5,6)30-22-14(3)9-16(10-15(22)4)20-12-19(26)18-8-7-17(25)11-21(18)29-20;1-2/h7-13H,1-6H3;1-2H3. The lowest BCUT2D eigenvalue weighted by atomic mass is 10.0. The SMILES string of the molecule is CC.Cc1cc(-c2cc(=O)c3ccc(Cl)cc3o2)cc(C)c1OC(C)(C)C(=O)OC(C)C. The Morgan fingerprint density at radius 3 is 2.19 bits per heavy atom. The van der Waals surface area contributed by atoms with Gasteiger partial charge in [-0.25, -0.2) is 4.79 Å². The molecule has 1 heterocycles. The molecule has 0 unspecified atom stereocenters. The van der Waals surface area contributed by atoms with Crippen LogP contribution in [0.25, 0.3) is 22.3 Å². The molecule has 1 aromatic heterocycles. The fourth-order valence-corrected chi connectivity index (χ4v) is 3.34. The Morgan fingerprint density at radius 2 is 1.62 bits per heavy atom. The monoisotopic (exact) mass is 458 g/mol. The molecule has 3 aromatic rings. The van der Waals surface area contributed by atoms with Crippen LogP contribution in [0.5, 0.6) is 5.75 Å². The van der Waals surface area contributed by atoms with E-state index < -0.39 is 11.6 Å². The van der Waals surface area contributed by atoms with Gasteiger partial charge in [0.1, 0.15) is 17.1 Å². The van der Waals surface area contributed by atoms with Crippen molar-refractivity contribution in [3.63, 3.8) is 0 Å². The predicted octanol–water partition coefficient (Wildman–Crippen LogP) is 6.87. The smallest absolute Gasteiger partial charge is 0.350 e. The number of rotatable bonds is 5. The summed E-state index contributed by atoms with van der Waals surface area (Å²) >= 11 is 6.04. The first-order valence-electron chi connectivity index (χ1n) is 10.7. The topological polar surface area (TPSA) is 65.7 Å². The molecule has 0 amide bonds. The van der Waals surface area contributed by atoms with Crippen molar-refractivity contribution >= 4 is 28.5 Å². The lowest BCUT2D eigenvalue weighted by Crippen LogP contribution is -2.41. The van der Waals surface area contributed by atoms with Gasteiger partial charge in [-0.1, -0.05) is 25.4 Å². The van der Waals surface area contributed by atoms with Crippen LogP contribution >= 0.6 is 11.6 Å². The molecule has 0 N–H and O–H groups in total. The van der Waals surface area contributed by atoms with Crippen LogP contribution in [0, 0.1) is 13.8 Å². The number of halogens is 1. The van der Waals surface area contributed by atoms with E-state index in [0.29, 0.717) is 27.5 Å². The van der Waals surface area contributed by atoms with Crippen molar-refractivity contribution in [1.29, 1.82) is 0 Å². The van der Waals surface area contributed by atoms with Gasteiger partial charge in [0.25, 0.3) is 0 Å². The highest BCUT2D eigenvalue weighted by atomic mass is 35.5. The molecule has 172 valence electrons. The Morgan fingerprint density at radius 1 is 1.03 bits per heavy atom. The molecular formula is C26H31ClO5. The first kappa shape index (κ1) is 25.5. The number of benzene rings is 2. The zero-order valence-corrected chi connectivity index (χ0v) is 20.7. The minimum absolute atomic E-state index is 0.142. The van der Waals surface area contributed by atoms with Crippen LogP contribution in [0.2, 0.25) is 5.02 Å². The van der Waals surface area contributed by atoms with Crippen LogP contribution in [-0.2, 0) is 9.53 Å². The number of carbonyl (C=O) groups excluding carboxylic acids is 1. The van der Waals surface area contributed by atoms with Gasteiger partial charge < -0.3 is 13.9 Å². The molecule has 0 saturated heterocycles. The molecule has 0 bridgehead atoms. The van der Waals surface area contributed by atoms with E-state index in [-0.39, 0.29) is 11.5 Å². The molecule has 5 nitrogen and oxygen atoms in total. The molecule has 0 atom stereocenters. The normalized spacial score (nSPS) is 11.2. The summed E-state index contributed by atoms with van der Waals surface area (Å²) in [6, 6.07) is 10.1. The Kier molecular flexibility index (Phi) is 8.13. The minimum atomic E-state index is -1.15. The average Bonchev–Trinajstić information content (AvgIpc) is 2.71. The molecule has 6 heteroatoms. The summed E-state index contributed by atoms with van der Waals surface area (Å²) in [5.41, 5.74) is 1.50. The Balaban J connectivity index is 0.00000176. The molecule has 0 radical (unpaired) electrons. The summed E-state index contributed by atoms with van der Waals surface area (Å²) in [6.45, 7) is 14.7. The van der Waals surface area contributed by atoms with Gasteiger partial charge in [-0.15, -0.1) is 0 Å². The first-order chi connectivity index (χ1) is 15.0. The van der Waals surface area contributed by atoms with Gasteiger partial charge in [-0.3, -0.25) is 4.79 Å². The number of hydrogen-bond acceptors (Lipinski definition) is 5. The van der Waals surface area contributed by atoms with Crippen LogP contribution < -0.4 is 10.2 Å². The lowest BCUT2D eigenvalue weighted by Gasteiger charge is -2.27. The van der Waals surface area contributed by atoms with Crippen molar-refractivity contribution in [1.82, 2.24) is 0 Å². The van der Waals surface area contributed by atoms with E-state index in [4.69, 9.17) is 25.5 Å². The summed E-state index contributed by atoms with van der Waals surface area (Å²) in [5.74, 6) is 0.597. The van der Waals surface area contributed by atoms with E-state index in [1.165, 1.54) is 6.07 Å². The average molecular weight is 459 g/mol. The highest BCUT2D eigenvalue weighted by Crippen LogP contribution is 2.33. The molecular weight excluding hydrogens is 428 g/mol. The lowest BCUT2D eigenvalue weighted by molar-refractivity contribution is -0.163.